The Labute approximate surface area is 185 Å². The molecule has 9 heteroatoms. The van der Waals surface area contributed by atoms with Crippen LogP contribution in [0.4, 0.5) is 11.4 Å². The third-order valence-corrected chi connectivity index (χ3v) is 5.30. The molecule has 2 amide bonds. The van der Waals surface area contributed by atoms with Crippen molar-refractivity contribution in [2.75, 3.05) is 11.9 Å². The second-order valence-corrected chi connectivity index (χ2v) is 8.04. The van der Waals surface area contributed by atoms with Crippen LogP contribution >= 0.6 is 0 Å². The summed E-state index contributed by atoms with van der Waals surface area (Å²) in [4.78, 5) is 50.5. The molecule has 1 saturated heterocycles. The molecule has 9 nitrogen and oxygen atoms in total. The summed E-state index contributed by atoms with van der Waals surface area (Å²) < 4.78 is 5.56. The number of nitrogens with one attached hydrogen (secondary N) is 1. The molecule has 0 saturated carbocycles. The number of ether oxygens (including phenoxy) is 1. The molecule has 2 atom stereocenters. The van der Waals surface area contributed by atoms with Gasteiger partial charge >= 0.3 is 5.97 Å². The van der Waals surface area contributed by atoms with Crippen LogP contribution in [0.3, 0.4) is 0 Å². The van der Waals surface area contributed by atoms with Gasteiger partial charge in [-0.1, -0.05) is 36.4 Å². The lowest BCUT2D eigenvalue weighted by molar-refractivity contribution is -0.384. The van der Waals surface area contributed by atoms with Gasteiger partial charge in [-0.15, -0.1) is 0 Å². The van der Waals surface area contributed by atoms with Gasteiger partial charge < -0.3 is 15.0 Å². The predicted molar refractivity (Wildman–Crippen MR) is 117 cm³/mol. The van der Waals surface area contributed by atoms with Gasteiger partial charge in [-0.2, -0.15) is 0 Å². The number of nitrogens with zero attached hydrogens (tertiary/aromatic N) is 2. The lowest BCUT2D eigenvalue weighted by Crippen LogP contribution is -2.33. The van der Waals surface area contributed by atoms with E-state index in [1.807, 2.05) is 13.8 Å². The van der Waals surface area contributed by atoms with Gasteiger partial charge in [-0.3, -0.25) is 24.5 Å². The number of nitro groups is 1. The summed E-state index contributed by atoms with van der Waals surface area (Å²) in [6.45, 7) is 5.65. The molecular formula is C23H25N3O6. The first-order chi connectivity index (χ1) is 15.2. The van der Waals surface area contributed by atoms with Crippen LogP contribution in [0.1, 0.15) is 37.5 Å². The van der Waals surface area contributed by atoms with Gasteiger partial charge in [-0.05, 0) is 32.4 Å². The highest BCUT2D eigenvalue weighted by atomic mass is 16.6. The Morgan fingerprint density at radius 2 is 1.88 bits per heavy atom. The Bertz CT molecular complexity index is 1040. The van der Waals surface area contributed by atoms with E-state index in [2.05, 4.69) is 5.32 Å². The van der Waals surface area contributed by atoms with E-state index in [0.29, 0.717) is 11.1 Å². The number of hydrogen-bond donors (Lipinski definition) is 1. The molecule has 2 aromatic carbocycles. The highest BCUT2D eigenvalue weighted by Gasteiger charge is 2.38. The SMILES string of the molecule is Cc1ccc(NC(=O)C(OC(=O)C2CC(=O)N(C(C)C)C2)c2ccccc2)c([N+](=O)[O-])c1. The van der Waals surface area contributed by atoms with Crippen molar-refractivity contribution in [3.8, 4) is 0 Å². The number of carbonyl (C=O) groups is 3. The summed E-state index contributed by atoms with van der Waals surface area (Å²) >= 11 is 0. The number of nitro benzene ring substituents is 1. The molecule has 1 N–H and O–H groups in total. The Hall–Kier alpha value is -3.75. The van der Waals surface area contributed by atoms with Crippen LogP contribution in [0.2, 0.25) is 0 Å². The van der Waals surface area contributed by atoms with Crippen LogP contribution in [0, 0.1) is 23.0 Å². The molecule has 1 heterocycles. The van der Waals surface area contributed by atoms with Crippen molar-refractivity contribution in [2.45, 2.75) is 39.3 Å². The van der Waals surface area contributed by atoms with E-state index in [-0.39, 0.29) is 36.3 Å². The van der Waals surface area contributed by atoms with Crippen molar-refractivity contribution in [1.82, 2.24) is 4.90 Å². The number of benzene rings is 2. The molecular weight excluding hydrogens is 414 g/mol. The Morgan fingerprint density at radius 1 is 1.19 bits per heavy atom. The highest BCUT2D eigenvalue weighted by molar-refractivity contribution is 5.98. The second-order valence-electron chi connectivity index (χ2n) is 8.04. The van der Waals surface area contributed by atoms with Crippen LogP contribution < -0.4 is 5.32 Å². The molecule has 32 heavy (non-hydrogen) atoms. The first-order valence-corrected chi connectivity index (χ1v) is 10.3. The van der Waals surface area contributed by atoms with E-state index in [1.54, 1.807) is 48.2 Å². The zero-order valence-corrected chi connectivity index (χ0v) is 18.1. The van der Waals surface area contributed by atoms with Crippen molar-refractivity contribution in [2.24, 2.45) is 5.92 Å². The van der Waals surface area contributed by atoms with Gasteiger partial charge in [0.25, 0.3) is 11.6 Å². The van der Waals surface area contributed by atoms with Gasteiger partial charge in [0.05, 0.1) is 10.8 Å². The van der Waals surface area contributed by atoms with E-state index in [1.165, 1.54) is 12.1 Å². The zero-order chi connectivity index (χ0) is 23.4. The lowest BCUT2D eigenvalue weighted by atomic mass is 10.1. The van der Waals surface area contributed by atoms with Crippen LogP contribution in [0.15, 0.2) is 48.5 Å². The number of carbonyl (C=O) groups excluding carboxylic acids is 3. The van der Waals surface area contributed by atoms with Gasteiger partial charge in [-0.25, -0.2) is 0 Å². The predicted octanol–water partition coefficient (Wildman–Crippen LogP) is 3.38. The molecule has 3 rings (SSSR count). The number of esters is 1. The average Bonchev–Trinajstić information content (AvgIpc) is 3.15. The van der Waals surface area contributed by atoms with E-state index < -0.39 is 28.8 Å². The van der Waals surface area contributed by atoms with E-state index >= 15 is 0 Å². The maximum absolute atomic E-state index is 13.1. The lowest BCUT2D eigenvalue weighted by Gasteiger charge is -2.22. The molecule has 2 aromatic rings. The summed E-state index contributed by atoms with van der Waals surface area (Å²) in [7, 11) is 0. The van der Waals surface area contributed by atoms with Crippen molar-refractivity contribution in [3.63, 3.8) is 0 Å². The van der Waals surface area contributed by atoms with Crippen LogP contribution in [0.25, 0.3) is 0 Å². The maximum atomic E-state index is 13.1. The topological polar surface area (TPSA) is 119 Å². The fraction of sp³-hybridized carbons (Fsp3) is 0.348. The van der Waals surface area contributed by atoms with E-state index in [4.69, 9.17) is 4.74 Å². The summed E-state index contributed by atoms with van der Waals surface area (Å²) in [6.07, 6.45) is -1.31. The fourth-order valence-corrected chi connectivity index (χ4v) is 3.60. The Kier molecular flexibility index (Phi) is 6.87. The Morgan fingerprint density at radius 3 is 2.47 bits per heavy atom. The number of rotatable bonds is 7. The Balaban J connectivity index is 1.83. The van der Waals surface area contributed by atoms with Gasteiger partial charge in [0.2, 0.25) is 12.0 Å². The van der Waals surface area contributed by atoms with Gasteiger partial charge in [0, 0.05) is 30.6 Å². The fourth-order valence-electron chi connectivity index (χ4n) is 3.60. The smallest absolute Gasteiger partial charge is 0.312 e. The van der Waals surface area contributed by atoms with Crippen molar-refractivity contribution >= 4 is 29.2 Å². The van der Waals surface area contributed by atoms with Gasteiger partial charge in [0.15, 0.2) is 0 Å². The standard InChI is InChI=1S/C23H25N3O6/c1-14(2)25-13-17(12-20(25)27)23(29)32-21(16-7-5-4-6-8-16)22(28)24-18-10-9-15(3)11-19(18)26(30)31/h4-11,14,17,21H,12-13H2,1-3H3,(H,24,28). The minimum Gasteiger partial charge on any atom is -0.447 e. The van der Waals surface area contributed by atoms with Gasteiger partial charge in [0.1, 0.15) is 5.69 Å². The largest absolute Gasteiger partial charge is 0.447 e. The monoisotopic (exact) mass is 439 g/mol. The second kappa shape index (κ2) is 9.59. The number of hydrogen-bond acceptors (Lipinski definition) is 6. The summed E-state index contributed by atoms with van der Waals surface area (Å²) in [5.74, 6) is -2.21. The minimum atomic E-state index is -1.33. The van der Waals surface area contributed by atoms with Crippen molar-refractivity contribution in [1.29, 1.82) is 0 Å². The maximum Gasteiger partial charge on any atom is 0.312 e. The van der Waals surface area contributed by atoms with Crippen molar-refractivity contribution in [3.05, 3.63) is 69.8 Å². The zero-order valence-electron chi connectivity index (χ0n) is 18.1. The number of anilines is 1. The van der Waals surface area contributed by atoms with Crippen LogP contribution in [-0.2, 0) is 19.1 Å². The normalized spacial score (nSPS) is 16.7. The third-order valence-electron chi connectivity index (χ3n) is 5.30. The first-order valence-electron chi connectivity index (χ1n) is 10.3. The molecule has 0 aromatic heterocycles. The molecule has 1 aliphatic heterocycles. The molecule has 1 fully saturated rings. The number of likely N-dealkylation sites (tertiary alicyclic amines) is 1. The highest BCUT2D eigenvalue weighted by Crippen LogP contribution is 2.29. The number of amides is 2. The molecule has 168 valence electrons. The molecule has 0 bridgehead atoms. The third kappa shape index (κ3) is 5.11. The molecule has 2 unspecified atom stereocenters. The molecule has 1 aliphatic rings. The number of aryl methyl sites for hydroxylation is 1. The van der Waals surface area contributed by atoms with E-state index in [9.17, 15) is 24.5 Å². The van der Waals surface area contributed by atoms with Crippen molar-refractivity contribution < 1.29 is 24.0 Å². The minimum absolute atomic E-state index is 0.00427. The molecule has 0 aliphatic carbocycles. The first kappa shape index (κ1) is 22.9. The van der Waals surface area contributed by atoms with Crippen LogP contribution in [-0.4, -0.2) is 40.2 Å². The van der Waals surface area contributed by atoms with E-state index in [0.717, 1.165) is 0 Å². The summed E-state index contributed by atoms with van der Waals surface area (Å²) in [6, 6.07) is 12.8. The average molecular weight is 439 g/mol. The summed E-state index contributed by atoms with van der Waals surface area (Å²) in [5.41, 5.74) is 0.828. The van der Waals surface area contributed by atoms with Crippen LogP contribution in [0.5, 0.6) is 0 Å². The molecule has 0 radical (unpaired) electrons. The molecule has 0 spiro atoms. The quantitative estimate of drug-likeness (QED) is 0.401. The summed E-state index contributed by atoms with van der Waals surface area (Å²) in [5, 5.41) is 13.9.